The first-order chi connectivity index (χ1) is 12.5. The Morgan fingerprint density at radius 2 is 2.08 bits per heavy atom. The van der Waals surface area contributed by atoms with Crippen LogP contribution in [-0.2, 0) is 6.54 Å². The number of benzene rings is 1. The summed E-state index contributed by atoms with van der Waals surface area (Å²) in [6, 6.07) is 6.88. The Kier molecular flexibility index (Phi) is 5.64. The second kappa shape index (κ2) is 8.11. The maximum absolute atomic E-state index is 13.6. The molecule has 1 aliphatic rings. The first-order valence-electron chi connectivity index (χ1n) is 8.58. The van der Waals surface area contributed by atoms with Crippen LogP contribution in [0.2, 0.25) is 0 Å². The zero-order valence-corrected chi connectivity index (χ0v) is 14.3. The lowest BCUT2D eigenvalue weighted by molar-refractivity contribution is 0.0931. The highest BCUT2D eigenvalue weighted by Gasteiger charge is 2.21. The molecule has 1 fully saturated rings. The van der Waals surface area contributed by atoms with E-state index in [1.807, 2.05) is 12.3 Å². The van der Waals surface area contributed by atoms with Crippen molar-refractivity contribution in [3.8, 4) is 6.07 Å². The number of piperidine rings is 1. The van der Waals surface area contributed by atoms with Gasteiger partial charge in [-0.25, -0.2) is 8.78 Å². The van der Waals surface area contributed by atoms with E-state index in [2.05, 4.69) is 21.3 Å². The lowest BCUT2D eigenvalue weighted by Gasteiger charge is -2.31. The third-order valence-corrected chi connectivity index (χ3v) is 4.70. The van der Waals surface area contributed by atoms with Gasteiger partial charge in [0.2, 0.25) is 0 Å². The third kappa shape index (κ3) is 4.46. The standard InChI is InChI=1S/C19H20F2N4O/c20-15-1-2-17(18(21)8-15)19(26)24-10-13-3-5-25(6-4-13)12-14-7-16(9-22)23-11-14/h1-2,7-8,11,13,23H,3-6,10,12H2,(H,24,26). The highest BCUT2D eigenvalue weighted by Crippen LogP contribution is 2.19. The molecule has 1 amide bonds. The number of halogens is 2. The Hall–Kier alpha value is -2.72. The first kappa shape index (κ1) is 18.1. The maximum Gasteiger partial charge on any atom is 0.254 e. The molecule has 2 N–H and O–H groups in total. The number of H-pyrrole nitrogens is 1. The number of nitriles is 1. The monoisotopic (exact) mass is 358 g/mol. The SMILES string of the molecule is N#Cc1cc(CN2CCC(CNC(=O)c3ccc(F)cc3F)CC2)c[nH]1. The average Bonchev–Trinajstić information content (AvgIpc) is 3.08. The fraction of sp³-hybridized carbons (Fsp3) is 0.368. The molecule has 2 heterocycles. The zero-order valence-electron chi connectivity index (χ0n) is 14.3. The summed E-state index contributed by atoms with van der Waals surface area (Å²) < 4.78 is 26.5. The van der Waals surface area contributed by atoms with Crippen LogP contribution in [0.5, 0.6) is 0 Å². The Morgan fingerprint density at radius 1 is 1.31 bits per heavy atom. The van der Waals surface area contributed by atoms with Crippen LogP contribution < -0.4 is 5.32 Å². The van der Waals surface area contributed by atoms with Crippen molar-refractivity contribution in [2.45, 2.75) is 19.4 Å². The molecule has 5 nitrogen and oxygen atoms in total. The van der Waals surface area contributed by atoms with Gasteiger partial charge in [-0.2, -0.15) is 5.26 Å². The van der Waals surface area contributed by atoms with Crippen LogP contribution in [0.1, 0.15) is 34.5 Å². The largest absolute Gasteiger partial charge is 0.353 e. The van der Waals surface area contributed by atoms with Crippen molar-refractivity contribution in [3.05, 3.63) is 58.9 Å². The van der Waals surface area contributed by atoms with Crippen LogP contribution in [0.3, 0.4) is 0 Å². The number of likely N-dealkylation sites (tertiary alicyclic amines) is 1. The molecule has 1 aromatic carbocycles. The number of hydrogen-bond donors (Lipinski definition) is 2. The van der Waals surface area contributed by atoms with Crippen LogP contribution in [0.4, 0.5) is 8.78 Å². The van der Waals surface area contributed by atoms with E-state index < -0.39 is 17.5 Å². The van der Waals surface area contributed by atoms with Crippen LogP contribution in [0.15, 0.2) is 30.5 Å². The van der Waals surface area contributed by atoms with Gasteiger partial charge in [0.15, 0.2) is 0 Å². The molecule has 136 valence electrons. The zero-order chi connectivity index (χ0) is 18.5. The Labute approximate surface area is 150 Å². The van der Waals surface area contributed by atoms with E-state index >= 15 is 0 Å². The van der Waals surface area contributed by atoms with Gasteiger partial charge < -0.3 is 10.3 Å². The van der Waals surface area contributed by atoms with E-state index in [9.17, 15) is 13.6 Å². The Bertz CT molecular complexity index is 819. The number of nitrogens with zero attached hydrogens (tertiary/aromatic N) is 2. The molecule has 0 aliphatic carbocycles. The number of aromatic nitrogens is 1. The van der Waals surface area contributed by atoms with Crippen LogP contribution >= 0.6 is 0 Å². The van der Waals surface area contributed by atoms with E-state index in [4.69, 9.17) is 5.26 Å². The van der Waals surface area contributed by atoms with Gasteiger partial charge in [0.25, 0.3) is 5.91 Å². The molecule has 26 heavy (non-hydrogen) atoms. The summed E-state index contributed by atoms with van der Waals surface area (Å²) in [7, 11) is 0. The fourth-order valence-corrected chi connectivity index (χ4v) is 3.21. The molecule has 3 rings (SSSR count). The molecule has 1 aromatic heterocycles. The Morgan fingerprint density at radius 3 is 2.73 bits per heavy atom. The van der Waals surface area contributed by atoms with E-state index in [1.54, 1.807) is 0 Å². The second-order valence-corrected chi connectivity index (χ2v) is 6.59. The predicted octanol–water partition coefficient (Wildman–Crippen LogP) is 2.81. The van der Waals surface area contributed by atoms with Crippen LogP contribution in [0, 0.1) is 28.9 Å². The summed E-state index contributed by atoms with van der Waals surface area (Å²) in [6.45, 7) is 3.07. The van der Waals surface area contributed by atoms with Gasteiger partial charge in [0.05, 0.1) is 5.56 Å². The first-order valence-corrected chi connectivity index (χ1v) is 8.58. The lowest BCUT2D eigenvalue weighted by Crippen LogP contribution is -2.38. The fourth-order valence-electron chi connectivity index (χ4n) is 3.21. The molecule has 0 unspecified atom stereocenters. The number of rotatable bonds is 5. The molecule has 0 atom stereocenters. The molecule has 0 bridgehead atoms. The minimum atomic E-state index is -0.847. The molecule has 1 saturated heterocycles. The van der Waals surface area contributed by atoms with Crippen molar-refractivity contribution in [1.29, 1.82) is 5.26 Å². The van der Waals surface area contributed by atoms with Crippen molar-refractivity contribution in [2.75, 3.05) is 19.6 Å². The minimum Gasteiger partial charge on any atom is -0.353 e. The number of carbonyl (C=O) groups is 1. The van der Waals surface area contributed by atoms with E-state index in [0.717, 1.165) is 50.2 Å². The highest BCUT2D eigenvalue weighted by molar-refractivity contribution is 5.94. The summed E-state index contributed by atoms with van der Waals surface area (Å²) >= 11 is 0. The smallest absolute Gasteiger partial charge is 0.254 e. The van der Waals surface area contributed by atoms with Crippen molar-refractivity contribution in [1.82, 2.24) is 15.2 Å². The molecule has 0 radical (unpaired) electrons. The van der Waals surface area contributed by atoms with Gasteiger partial charge in [-0.05, 0) is 55.6 Å². The molecule has 2 aromatic rings. The number of aromatic amines is 1. The second-order valence-electron chi connectivity index (χ2n) is 6.59. The number of hydrogen-bond acceptors (Lipinski definition) is 3. The summed E-state index contributed by atoms with van der Waals surface area (Å²) in [5, 5.41) is 11.6. The van der Waals surface area contributed by atoms with E-state index in [1.165, 1.54) is 0 Å². The van der Waals surface area contributed by atoms with Crippen molar-refractivity contribution in [2.24, 2.45) is 5.92 Å². The third-order valence-electron chi connectivity index (χ3n) is 4.70. The normalized spacial score (nSPS) is 15.6. The molecule has 0 spiro atoms. The van der Waals surface area contributed by atoms with Gasteiger partial charge in [-0.3, -0.25) is 9.69 Å². The van der Waals surface area contributed by atoms with Gasteiger partial charge in [0.1, 0.15) is 23.4 Å². The molecule has 1 aliphatic heterocycles. The maximum atomic E-state index is 13.6. The van der Waals surface area contributed by atoms with Crippen LogP contribution in [0.25, 0.3) is 0 Å². The summed E-state index contributed by atoms with van der Waals surface area (Å²) in [5.74, 6) is -1.72. The number of amides is 1. The molecular weight excluding hydrogens is 338 g/mol. The summed E-state index contributed by atoms with van der Waals surface area (Å²) in [5.41, 5.74) is 1.51. The van der Waals surface area contributed by atoms with Gasteiger partial charge >= 0.3 is 0 Å². The van der Waals surface area contributed by atoms with Gasteiger partial charge in [-0.1, -0.05) is 0 Å². The van der Waals surface area contributed by atoms with Crippen molar-refractivity contribution >= 4 is 5.91 Å². The van der Waals surface area contributed by atoms with E-state index in [0.29, 0.717) is 24.2 Å². The van der Waals surface area contributed by atoms with Gasteiger partial charge in [-0.15, -0.1) is 0 Å². The minimum absolute atomic E-state index is 0.135. The topological polar surface area (TPSA) is 71.9 Å². The quantitative estimate of drug-likeness (QED) is 0.863. The lowest BCUT2D eigenvalue weighted by atomic mass is 9.96. The Balaban J connectivity index is 1.44. The van der Waals surface area contributed by atoms with Crippen molar-refractivity contribution in [3.63, 3.8) is 0 Å². The number of carbonyl (C=O) groups excluding carboxylic acids is 1. The molecule has 0 saturated carbocycles. The number of nitrogens with one attached hydrogen (secondary N) is 2. The van der Waals surface area contributed by atoms with Gasteiger partial charge in [0, 0.05) is 25.4 Å². The van der Waals surface area contributed by atoms with Crippen LogP contribution in [-0.4, -0.2) is 35.4 Å². The molecular formula is C19H20F2N4O. The molecule has 7 heteroatoms. The van der Waals surface area contributed by atoms with E-state index in [-0.39, 0.29) is 5.56 Å². The summed E-state index contributed by atoms with van der Waals surface area (Å²) in [6.07, 6.45) is 3.71. The average molecular weight is 358 g/mol. The van der Waals surface area contributed by atoms with Crippen molar-refractivity contribution < 1.29 is 13.6 Å². The summed E-state index contributed by atoms with van der Waals surface area (Å²) in [4.78, 5) is 17.3. The predicted molar refractivity (Wildman–Crippen MR) is 92.2 cm³/mol. The highest BCUT2D eigenvalue weighted by atomic mass is 19.1.